The van der Waals surface area contributed by atoms with Gasteiger partial charge in [-0.1, -0.05) is 27.7 Å². The molecule has 0 aliphatic carbocycles. The molecule has 21 heavy (non-hydrogen) atoms. The number of likely N-dealkylation sites (tertiary alicyclic amines) is 2. The molecular formula is C16H28N2O3. The van der Waals surface area contributed by atoms with Gasteiger partial charge in [0.05, 0.1) is 5.41 Å². The molecule has 0 saturated carbocycles. The van der Waals surface area contributed by atoms with E-state index in [0.717, 1.165) is 25.9 Å². The monoisotopic (exact) mass is 296 g/mol. The number of hydrogen-bond donors (Lipinski definition) is 1. The predicted octanol–water partition coefficient (Wildman–Crippen LogP) is 2.66. The zero-order chi connectivity index (χ0) is 15.8. The molecule has 5 heteroatoms. The van der Waals surface area contributed by atoms with Gasteiger partial charge in [0.25, 0.3) is 0 Å². The van der Waals surface area contributed by atoms with Gasteiger partial charge in [0.15, 0.2) is 0 Å². The average molecular weight is 296 g/mol. The first-order valence-corrected chi connectivity index (χ1v) is 7.95. The Kier molecular flexibility index (Phi) is 4.22. The summed E-state index contributed by atoms with van der Waals surface area (Å²) in [5, 5.41) is 9.58. The van der Waals surface area contributed by atoms with Crippen LogP contribution in [-0.2, 0) is 4.79 Å². The second kappa shape index (κ2) is 5.50. The number of carbonyl (C=O) groups is 2. The lowest BCUT2D eigenvalue weighted by molar-refractivity contribution is -0.150. The number of nitrogens with zero attached hydrogens (tertiary/aromatic N) is 2. The van der Waals surface area contributed by atoms with Gasteiger partial charge < -0.3 is 14.9 Å². The predicted molar refractivity (Wildman–Crippen MR) is 81.1 cm³/mol. The number of carboxylic acid groups (broad SMARTS) is 1. The smallest absolute Gasteiger partial charge is 0.320 e. The minimum absolute atomic E-state index is 0.0200. The molecule has 5 nitrogen and oxygen atoms in total. The number of piperidine rings is 1. The van der Waals surface area contributed by atoms with Crippen molar-refractivity contribution in [2.24, 2.45) is 16.7 Å². The Morgan fingerprint density at radius 2 is 1.67 bits per heavy atom. The zero-order valence-corrected chi connectivity index (χ0v) is 13.7. The van der Waals surface area contributed by atoms with Crippen molar-refractivity contribution < 1.29 is 14.7 Å². The maximum atomic E-state index is 12.7. The molecule has 2 fully saturated rings. The zero-order valence-electron chi connectivity index (χ0n) is 13.7. The topological polar surface area (TPSA) is 60.9 Å². The van der Waals surface area contributed by atoms with Crippen LogP contribution < -0.4 is 0 Å². The van der Waals surface area contributed by atoms with Gasteiger partial charge in [0.2, 0.25) is 0 Å². The minimum atomic E-state index is -0.777. The molecule has 0 bridgehead atoms. The van der Waals surface area contributed by atoms with Crippen LogP contribution in [0.4, 0.5) is 4.79 Å². The standard InChI is InChI=1S/C16H28N2O3/c1-12(2)16(13(19)20)7-9-18(11-16)14(21)17-8-5-6-15(3,4)10-17/h12H,5-11H2,1-4H3,(H,19,20). The van der Waals surface area contributed by atoms with Crippen molar-refractivity contribution in [2.45, 2.75) is 47.0 Å². The SMILES string of the molecule is CC(C)C1(C(=O)O)CCN(C(=O)N2CCCC(C)(C)C2)C1. The molecule has 2 rings (SSSR count). The number of carbonyl (C=O) groups excluding carboxylic acids is 1. The van der Waals surface area contributed by atoms with Gasteiger partial charge in [-0.3, -0.25) is 4.79 Å². The molecule has 0 aromatic heterocycles. The van der Waals surface area contributed by atoms with Crippen LogP contribution in [0.3, 0.4) is 0 Å². The molecule has 120 valence electrons. The molecule has 2 amide bonds. The van der Waals surface area contributed by atoms with Crippen molar-refractivity contribution in [3.8, 4) is 0 Å². The summed E-state index contributed by atoms with van der Waals surface area (Å²) in [6.45, 7) is 10.7. The first kappa shape index (κ1) is 16.1. The van der Waals surface area contributed by atoms with Gasteiger partial charge in [-0.25, -0.2) is 4.79 Å². The van der Waals surface area contributed by atoms with E-state index in [9.17, 15) is 14.7 Å². The second-order valence-corrected chi connectivity index (χ2v) is 7.76. The second-order valence-electron chi connectivity index (χ2n) is 7.76. The van der Waals surface area contributed by atoms with Crippen LogP contribution in [0.15, 0.2) is 0 Å². The Morgan fingerprint density at radius 3 is 2.14 bits per heavy atom. The van der Waals surface area contributed by atoms with Crippen LogP contribution in [0, 0.1) is 16.7 Å². The van der Waals surface area contributed by atoms with Crippen LogP contribution >= 0.6 is 0 Å². The molecule has 1 atom stereocenters. The number of amides is 2. The van der Waals surface area contributed by atoms with Crippen molar-refractivity contribution >= 4 is 12.0 Å². The Morgan fingerprint density at radius 1 is 1.05 bits per heavy atom. The average Bonchev–Trinajstić information content (AvgIpc) is 2.83. The Bertz CT molecular complexity index is 433. The van der Waals surface area contributed by atoms with Crippen molar-refractivity contribution in [3.63, 3.8) is 0 Å². The molecule has 1 unspecified atom stereocenters. The van der Waals surface area contributed by atoms with E-state index in [2.05, 4.69) is 13.8 Å². The summed E-state index contributed by atoms with van der Waals surface area (Å²) in [4.78, 5) is 28.0. The lowest BCUT2D eigenvalue weighted by atomic mass is 9.76. The lowest BCUT2D eigenvalue weighted by Crippen LogP contribution is -2.50. The van der Waals surface area contributed by atoms with Crippen molar-refractivity contribution in [3.05, 3.63) is 0 Å². The summed E-state index contributed by atoms with van der Waals surface area (Å²) in [7, 11) is 0. The summed E-state index contributed by atoms with van der Waals surface area (Å²) in [5.74, 6) is -0.739. The Labute approximate surface area is 127 Å². The Hall–Kier alpha value is -1.26. The van der Waals surface area contributed by atoms with Gasteiger partial charge in [0, 0.05) is 26.2 Å². The molecule has 2 aliphatic rings. The van der Waals surface area contributed by atoms with E-state index in [-0.39, 0.29) is 17.4 Å². The van der Waals surface area contributed by atoms with Gasteiger partial charge >= 0.3 is 12.0 Å². The quantitative estimate of drug-likeness (QED) is 0.852. The molecule has 2 aliphatic heterocycles. The van der Waals surface area contributed by atoms with Gasteiger partial charge in [-0.2, -0.15) is 0 Å². The van der Waals surface area contributed by atoms with E-state index in [4.69, 9.17) is 0 Å². The summed E-state index contributed by atoms with van der Waals surface area (Å²) in [6, 6.07) is 0.0200. The van der Waals surface area contributed by atoms with Crippen LogP contribution in [0.5, 0.6) is 0 Å². The third-order valence-corrected chi connectivity index (χ3v) is 5.27. The lowest BCUT2D eigenvalue weighted by Gasteiger charge is -2.40. The van der Waals surface area contributed by atoms with Crippen molar-refractivity contribution in [2.75, 3.05) is 26.2 Å². The fourth-order valence-electron chi connectivity index (χ4n) is 3.68. The molecule has 0 spiro atoms. The van der Waals surface area contributed by atoms with E-state index < -0.39 is 11.4 Å². The van der Waals surface area contributed by atoms with E-state index in [1.165, 1.54) is 0 Å². The minimum Gasteiger partial charge on any atom is -0.481 e. The summed E-state index contributed by atoms with van der Waals surface area (Å²) in [6.07, 6.45) is 2.73. The number of rotatable bonds is 2. The van der Waals surface area contributed by atoms with E-state index in [1.807, 2.05) is 18.7 Å². The normalized spacial score (nSPS) is 29.0. The number of carboxylic acids is 1. The first-order chi connectivity index (χ1) is 9.68. The summed E-state index contributed by atoms with van der Waals surface area (Å²) < 4.78 is 0. The highest BCUT2D eigenvalue weighted by Crippen LogP contribution is 2.39. The highest BCUT2D eigenvalue weighted by atomic mass is 16.4. The van der Waals surface area contributed by atoms with Crippen LogP contribution in [0.2, 0.25) is 0 Å². The fraction of sp³-hybridized carbons (Fsp3) is 0.875. The third kappa shape index (κ3) is 3.01. The molecular weight excluding hydrogens is 268 g/mol. The molecule has 0 aromatic carbocycles. The number of urea groups is 1. The van der Waals surface area contributed by atoms with Crippen LogP contribution in [-0.4, -0.2) is 53.1 Å². The van der Waals surface area contributed by atoms with E-state index >= 15 is 0 Å². The van der Waals surface area contributed by atoms with E-state index in [0.29, 0.717) is 19.5 Å². The molecule has 0 radical (unpaired) electrons. The largest absolute Gasteiger partial charge is 0.481 e. The van der Waals surface area contributed by atoms with Crippen LogP contribution in [0.25, 0.3) is 0 Å². The van der Waals surface area contributed by atoms with Crippen molar-refractivity contribution in [1.29, 1.82) is 0 Å². The summed E-state index contributed by atoms with van der Waals surface area (Å²) >= 11 is 0. The molecule has 2 heterocycles. The maximum Gasteiger partial charge on any atom is 0.320 e. The van der Waals surface area contributed by atoms with Gasteiger partial charge in [-0.05, 0) is 30.6 Å². The third-order valence-electron chi connectivity index (χ3n) is 5.27. The number of hydrogen-bond acceptors (Lipinski definition) is 2. The highest BCUT2D eigenvalue weighted by Gasteiger charge is 2.49. The first-order valence-electron chi connectivity index (χ1n) is 7.95. The molecule has 0 aromatic rings. The van der Waals surface area contributed by atoms with Crippen LogP contribution in [0.1, 0.15) is 47.0 Å². The fourth-order valence-corrected chi connectivity index (χ4v) is 3.68. The van der Waals surface area contributed by atoms with Gasteiger partial charge in [0.1, 0.15) is 0 Å². The van der Waals surface area contributed by atoms with Crippen molar-refractivity contribution in [1.82, 2.24) is 9.80 Å². The Balaban J connectivity index is 2.07. The summed E-state index contributed by atoms with van der Waals surface area (Å²) in [5.41, 5.74) is -0.615. The highest BCUT2D eigenvalue weighted by molar-refractivity contribution is 5.80. The molecule has 2 saturated heterocycles. The molecule has 1 N–H and O–H groups in total. The van der Waals surface area contributed by atoms with Gasteiger partial charge in [-0.15, -0.1) is 0 Å². The number of aliphatic carboxylic acids is 1. The van der Waals surface area contributed by atoms with E-state index in [1.54, 1.807) is 4.90 Å². The maximum absolute atomic E-state index is 12.7.